The van der Waals surface area contributed by atoms with Gasteiger partial charge in [-0.1, -0.05) is 19.8 Å². The number of nitrogens with one attached hydrogen (secondary N) is 1. The maximum absolute atomic E-state index is 11.4. The van der Waals surface area contributed by atoms with Crippen molar-refractivity contribution in [3.63, 3.8) is 0 Å². The lowest BCUT2D eigenvalue weighted by atomic mass is 10.0. The van der Waals surface area contributed by atoms with Gasteiger partial charge in [0.05, 0.1) is 5.54 Å². The Morgan fingerprint density at radius 3 is 2.46 bits per heavy atom. The smallest absolute Gasteiger partial charge is 0.239 e. The number of carbonyl (C=O) groups excluding carboxylic acids is 1. The third kappa shape index (κ3) is 5.64. The molecule has 1 unspecified atom stereocenters. The zero-order valence-electron chi connectivity index (χ0n) is 9.18. The standard InChI is InChI=1S/C10H22N2O/c1-5-6-7-8(2)12-9(13)10(3,4)11/h8H,5-7,11H2,1-4H3,(H,12,13). The average molecular weight is 186 g/mol. The molecule has 3 heteroatoms. The monoisotopic (exact) mass is 186 g/mol. The largest absolute Gasteiger partial charge is 0.352 e. The van der Waals surface area contributed by atoms with Gasteiger partial charge in [-0.2, -0.15) is 0 Å². The highest BCUT2D eigenvalue weighted by Crippen LogP contribution is 2.02. The van der Waals surface area contributed by atoms with E-state index in [2.05, 4.69) is 12.2 Å². The van der Waals surface area contributed by atoms with Gasteiger partial charge in [0.1, 0.15) is 0 Å². The van der Waals surface area contributed by atoms with Gasteiger partial charge in [0.15, 0.2) is 0 Å². The number of hydrogen-bond donors (Lipinski definition) is 2. The quantitative estimate of drug-likeness (QED) is 0.682. The Morgan fingerprint density at radius 2 is 2.08 bits per heavy atom. The second-order valence-corrected chi connectivity index (χ2v) is 4.24. The molecule has 1 amide bonds. The fourth-order valence-corrected chi connectivity index (χ4v) is 0.992. The molecule has 3 nitrogen and oxygen atoms in total. The fraction of sp³-hybridized carbons (Fsp3) is 0.900. The maximum atomic E-state index is 11.4. The zero-order valence-corrected chi connectivity index (χ0v) is 9.18. The van der Waals surface area contributed by atoms with Crippen molar-refractivity contribution in [2.75, 3.05) is 0 Å². The highest BCUT2D eigenvalue weighted by atomic mass is 16.2. The van der Waals surface area contributed by atoms with Crippen LogP contribution in [-0.2, 0) is 4.79 Å². The van der Waals surface area contributed by atoms with Crippen LogP contribution in [-0.4, -0.2) is 17.5 Å². The molecule has 0 spiro atoms. The summed E-state index contributed by atoms with van der Waals surface area (Å²) in [6, 6.07) is 0.232. The van der Waals surface area contributed by atoms with E-state index < -0.39 is 5.54 Å². The van der Waals surface area contributed by atoms with Gasteiger partial charge in [-0.25, -0.2) is 0 Å². The average Bonchev–Trinajstić information content (AvgIpc) is 1.99. The van der Waals surface area contributed by atoms with Crippen molar-refractivity contribution in [2.24, 2.45) is 5.73 Å². The summed E-state index contributed by atoms with van der Waals surface area (Å²) in [5.41, 5.74) is 4.88. The lowest BCUT2D eigenvalue weighted by Gasteiger charge is -2.21. The molecule has 0 bridgehead atoms. The molecule has 0 aromatic heterocycles. The zero-order chi connectivity index (χ0) is 10.5. The first-order chi connectivity index (χ1) is 5.88. The lowest BCUT2D eigenvalue weighted by Crippen LogP contribution is -2.51. The van der Waals surface area contributed by atoms with Crippen molar-refractivity contribution in [1.29, 1.82) is 0 Å². The van der Waals surface area contributed by atoms with Crippen molar-refractivity contribution < 1.29 is 4.79 Å². The Hall–Kier alpha value is -0.570. The van der Waals surface area contributed by atoms with E-state index in [4.69, 9.17) is 5.73 Å². The molecular formula is C10H22N2O. The molecule has 0 heterocycles. The second kappa shape index (κ2) is 5.22. The first-order valence-electron chi connectivity index (χ1n) is 4.97. The minimum Gasteiger partial charge on any atom is -0.352 e. The molecule has 0 aliphatic rings. The van der Waals surface area contributed by atoms with E-state index in [1.807, 2.05) is 6.92 Å². The van der Waals surface area contributed by atoms with E-state index in [1.54, 1.807) is 13.8 Å². The van der Waals surface area contributed by atoms with E-state index in [0.717, 1.165) is 19.3 Å². The minimum absolute atomic E-state index is 0.0731. The van der Waals surface area contributed by atoms with Crippen LogP contribution in [0, 0.1) is 0 Å². The van der Waals surface area contributed by atoms with Gasteiger partial charge >= 0.3 is 0 Å². The number of unbranched alkanes of at least 4 members (excludes halogenated alkanes) is 1. The minimum atomic E-state index is -0.763. The second-order valence-electron chi connectivity index (χ2n) is 4.24. The van der Waals surface area contributed by atoms with Crippen LogP contribution in [0.15, 0.2) is 0 Å². The lowest BCUT2D eigenvalue weighted by molar-refractivity contribution is -0.125. The molecule has 0 aromatic carbocycles. The van der Waals surface area contributed by atoms with Crippen LogP contribution >= 0.6 is 0 Å². The summed E-state index contributed by atoms with van der Waals surface area (Å²) in [5.74, 6) is -0.0731. The number of nitrogens with two attached hydrogens (primary N) is 1. The number of carbonyl (C=O) groups is 1. The SMILES string of the molecule is CCCCC(C)NC(=O)C(C)(C)N. The van der Waals surface area contributed by atoms with Gasteiger partial charge in [-0.3, -0.25) is 4.79 Å². The van der Waals surface area contributed by atoms with Gasteiger partial charge in [0.25, 0.3) is 0 Å². The molecule has 3 N–H and O–H groups in total. The topological polar surface area (TPSA) is 55.1 Å². The summed E-state index contributed by atoms with van der Waals surface area (Å²) >= 11 is 0. The van der Waals surface area contributed by atoms with Crippen molar-refractivity contribution in [3.8, 4) is 0 Å². The number of rotatable bonds is 5. The fourth-order valence-electron chi connectivity index (χ4n) is 0.992. The summed E-state index contributed by atoms with van der Waals surface area (Å²) in [5, 5.41) is 2.89. The van der Waals surface area contributed by atoms with E-state index in [0.29, 0.717) is 0 Å². The van der Waals surface area contributed by atoms with Crippen LogP contribution in [0.1, 0.15) is 47.0 Å². The molecule has 0 saturated carbocycles. The molecule has 0 rings (SSSR count). The van der Waals surface area contributed by atoms with Crippen LogP contribution < -0.4 is 11.1 Å². The number of hydrogen-bond acceptors (Lipinski definition) is 2. The molecule has 0 fully saturated rings. The molecule has 0 aliphatic carbocycles. The van der Waals surface area contributed by atoms with Gasteiger partial charge in [-0.15, -0.1) is 0 Å². The van der Waals surface area contributed by atoms with E-state index in [9.17, 15) is 4.79 Å². The molecule has 13 heavy (non-hydrogen) atoms. The van der Waals surface area contributed by atoms with Gasteiger partial charge < -0.3 is 11.1 Å². The summed E-state index contributed by atoms with van der Waals surface area (Å²) < 4.78 is 0. The van der Waals surface area contributed by atoms with Crippen molar-refractivity contribution in [2.45, 2.75) is 58.5 Å². The van der Waals surface area contributed by atoms with Gasteiger partial charge in [0, 0.05) is 6.04 Å². The predicted molar refractivity (Wildman–Crippen MR) is 55.4 cm³/mol. The molecule has 0 aromatic rings. The summed E-state index contributed by atoms with van der Waals surface area (Å²) in [4.78, 5) is 11.4. The normalized spacial score (nSPS) is 13.9. The third-order valence-corrected chi connectivity index (χ3v) is 1.95. The van der Waals surface area contributed by atoms with Gasteiger partial charge in [-0.05, 0) is 27.2 Å². The number of amides is 1. The van der Waals surface area contributed by atoms with Crippen LogP contribution in [0.5, 0.6) is 0 Å². The van der Waals surface area contributed by atoms with E-state index in [-0.39, 0.29) is 11.9 Å². The molecule has 1 atom stereocenters. The Balaban J connectivity index is 3.79. The predicted octanol–water partition coefficient (Wildman–Crippen LogP) is 1.42. The maximum Gasteiger partial charge on any atom is 0.239 e. The molecule has 0 saturated heterocycles. The molecular weight excluding hydrogens is 164 g/mol. The summed E-state index contributed by atoms with van der Waals surface area (Å²) in [7, 11) is 0. The Morgan fingerprint density at radius 1 is 1.54 bits per heavy atom. The van der Waals surface area contributed by atoms with Crippen molar-refractivity contribution in [1.82, 2.24) is 5.32 Å². The highest BCUT2D eigenvalue weighted by molar-refractivity contribution is 5.85. The van der Waals surface area contributed by atoms with Crippen molar-refractivity contribution in [3.05, 3.63) is 0 Å². The first kappa shape index (κ1) is 12.4. The highest BCUT2D eigenvalue weighted by Gasteiger charge is 2.22. The Bertz CT molecular complexity index is 161. The Kier molecular flexibility index (Phi) is 4.99. The third-order valence-electron chi connectivity index (χ3n) is 1.95. The van der Waals surface area contributed by atoms with Crippen LogP contribution in [0.25, 0.3) is 0 Å². The molecule has 0 aliphatic heterocycles. The Labute approximate surface area is 81.1 Å². The van der Waals surface area contributed by atoms with Gasteiger partial charge in [0.2, 0.25) is 5.91 Å². The summed E-state index contributed by atoms with van der Waals surface area (Å²) in [6.07, 6.45) is 3.33. The molecule has 0 radical (unpaired) electrons. The molecule has 78 valence electrons. The van der Waals surface area contributed by atoms with E-state index in [1.165, 1.54) is 0 Å². The van der Waals surface area contributed by atoms with Crippen LogP contribution in [0.3, 0.4) is 0 Å². The van der Waals surface area contributed by atoms with E-state index >= 15 is 0 Å². The summed E-state index contributed by atoms with van der Waals surface area (Å²) in [6.45, 7) is 7.59. The first-order valence-corrected chi connectivity index (χ1v) is 4.97. The van der Waals surface area contributed by atoms with Crippen LogP contribution in [0.2, 0.25) is 0 Å². The van der Waals surface area contributed by atoms with Crippen molar-refractivity contribution >= 4 is 5.91 Å². The van der Waals surface area contributed by atoms with Crippen LogP contribution in [0.4, 0.5) is 0 Å².